The maximum absolute atomic E-state index is 11.9. The molecule has 0 atom stereocenters. The Hall–Kier alpha value is -1.87. The van der Waals surface area contributed by atoms with E-state index in [1.54, 1.807) is 19.5 Å². The van der Waals surface area contributed by atoms with Gasteiger partial charge in [0.2, 0.25) is 5.95 Å². The standard InChI is InChI=1S/C9H12N6O2S/c1-6-7(18-5-10-6)8(16)11-9-12-13-14-15(9)3-4-17-2/h5H,3-4H2,1-2H3,(H,11,12,14,16). The van der Waals surface area contributed by atoms with E-state index in [1.165, 1.54) is 16.0 Å². The molecule has 2 heterocycles. The first-order valence-electron chi connectivity index (χ1n) is 5.19. The second kappa shape index (κ2) is 5.65. The van der Waals surface area contributed by atoms with E-state index >= 15 is 0 Å². The van der Waals surface area contributed by atoms with E-state index < -0.39 is 0 Å². The Morgan fingerprint density at radius 3 is 3.11 bits per heavy atom. The molecule has 1 N–H and O–H groups in total. The van der Waals surface area contributed by atoms with Crippen molar-refractivity contribution in [3.05, 3.63) is 16.1 Å². The second-order valence-electron chi connectivity index (χ2n) is 3.44. The summed E-state index contributed by atoms with van der Waals surface area (Å²) < 4.78 is 6.40. The van der Waals surface area contributed by atoms with Crippen LogP contribution in [0.1, 0.15) is 15.4 Å². The number of hydrogen-bond acceptors (Lipinski definition) is 7. The molecule has 9 heteroatoms. The minimum Gasteiger partial charge on any atom is -0.383 e. The Kier molecular flexibility index (Phi) is 3.95. The molecule has 0 unspecified atom stereocenters. The number of nitrogens with one attached hydrogen (secondary N) is 1. The predicted molar refractivity (Wildman–Crippen MR) is 64.5 cm³/mol. The van der Waals surface area contributed by atoms with Crippen molar-refractivity contribution in [2.24, 2.45) is 0 Å². The molecule has 8 nitrogen and oxygen atoms in total. The Morgan fingerprint density at radius 2 is 2.44 bits per heavy atom. The summed E-state index contributed by atoms with van der Waals surface area (Å²) in [5.41, 5.74) is 2.31. The number of thiazole rings is 1. The molecule has 0 radical (unpaired) electrons. The highest BCUT2D eigenvalue weighted by molar-refractivity contribution is 7.12. The van der Waals surface area contributed by atoms with Crippen LogP contribution in [0.2, 0.25) is 0 Å². The van der Waals surface area contributed by atoms with Gasteiger partial charge in [0.05, 0.1) is 24.4 Å². The number of anilines is 1. The first kappa shape index (κ1) is 12.6. The van der Waals surface area contributed by atoms with Gasteiger partial charge < -0.3 is 4.74 Å². The van der Waals surface area contributed by atoms with E-state index in [-0.39, 0.29) is 5.91 Å². The number of tetrazole rings is 1. The van der Waals surface area contributed by atoms with Crippen LogP contribution in [0.5, 0.6) is 0 Å². The lowest BCUT2D eigenvalue weighted by Crippen LogP contribution is -2.17. The Balaban J connectivity index is 2.08. The van der Waals surface area contributed by atoms with E-state index in [9.17, 15) is 4.79 Å². The zero-order valence-electron chi connectivity index (χ0n) is 9.95. The summed E-state index contributed by atoms with van der Waals surface area (Å²) >= 11 is 1.28. The monoisotopic (exact) mass is 268 g/mol. The van der Waals surface area contributed by atoms with Gasteiger partial charge in [-0.15, -0.1) is 11.3 Å². The van der Waals surface area contributed by atoms with E-state index in [1.807, 2.05) is 0 Å². The summed E-state index contributed by atoms with van der Waals surface area (Å²) in [6.07, 6.45) is 0. The van der Waals surface area contributed by atoms with Crippen LogP contribution in [0.3, 0.4) is 0 Å². The van der Waals surface area contributed by atoms with E-state index in [0.29, 0.717) is 29.7 Å². The number of ether oxygens (including phenoxy) is 1. The molecule has 0 aliphatic heterocycles. The smallest absolute Gasteiger partial charge is 0.270 e. The number of hydrogen-bond donors (Lipinski definition) is 1. The van der Waals surface area contributed by atoms with Gasteiger partial charge in [-0.2, -0.15) is 0 Å². The zero-order chi connectivity index (χ0) is 13.0. The quantitative estimate of drug-likeness (QED) is 0.840. The van der Waals surface area contributed by atoms with Crippen LogP contribution in [0.15, 0.2) is 5.51 Å². The zero-order valence-corrected chi connectivity index (χ0v) is 10.8. The molecule has 2 aromatic rings. The van der Waals surface area contributed by atoms with E-state index in [0.717, 1.165) is 0 Å². The van der Waals surface area contributed by atoms with Gasteiger partial charge in [-0.25, -0.2) is 9.67 Å². The topological polar surface area (TPSA) is 94.8 Å². The van der Waals surface area contributed by atoms with Crippen molar-refractivity contribution < 1.29 is 9.53 Å². The second-order valence-corrected chi connectivity index (χ2v) is 4.29. The molecular weight excluding hydrogens is 256 g/mol. The van der Waals surface area contributed by atoms with Crippen molar-refractivity contribution in [3.63, 3.8) is 0 Å². The summed E-state index contributed by atoms with van der Waals surface area (Å²) in [5, 5.41) is 13.7. The van der Waals surface area contributed by atoms with E-state index in [2.05, 4.69) is 25.8 Å². The molecule has 0 aliphatic carbocycles. The third-order valence-electron chi connectivity index (χ3n) is 2.22. The van der Waals surface area contributed by atoms with Crippen molar-refractivity contribution >= 4 is 23.2 Å². The molecule has 0 saturated carbocycles. The largest absolute Gasteiger partial charge is 0.383 e. The van der Waals surface area contributed by atoms with Gasteiger partial charge in [-0.1, -0.05) is 5.10 Å². The van der Waals surface area contributed by atoms with Crippen molar-refractivity contribution in [1.29, 1.82) is 0 Å². The van der Waals surface area contributed by atoms with Gasteiger partial charge in [0, 0.05) is 7.11 Å². The van der Waals surface area contributed by atoms with Crippen LogP contribution in [0.4, 0.5) is 5.95 Å². The number of nitrogens with zero attached hydrogens (tertiary/aromatic N) is 5. The minimum atomic E-state index is -0.261. The van der Waals surface area contributed by atoms with Crippen molar-refractivity contribution in [3.8, 4) is 0 Å². The first-order chi connectivity index (χ1) is 8.72. The van der Waals surface area contributed by atoms with Gasteiger partial charge in [0.25, 0.3) is 5.91 Å². The fourth-order valence-electron chi connectivity index (χ4n) is 1.30. The van der Waals surface area contributed by atoms with Gasteiger partial charge in [-0.05, 0) is 17.4 Å². The number of carbonyl (C=O) groups excluding carboxylic acids is 1. The molecule has 96 valence electrons. The molecule has 0 bridgehead atoms. The number of aryl methyl sites for hydroxylation is 1. The number of rotatable bonds is 5. The fraction of sp³-hybridized carbons (Fsp3) is 0.444. The van der Waals surface area contributed by atoms with Gasteiger partial charge in [-0.3, -0.25) is 10.1 Å². The summed E-state index contributed by atoms with van der Waals surface area (Å²) in [4.78, 5) is 16.5. The maximum Gasteiger partial charge on any atom is 0.270 e. The van der Waals surface area contributed by atoms with Crippen LogP contribution in [0.25, 0.3) is 0 Å². The van der Waals surface area contributed by atoms with Crippen LogP contribution in [-0.2, 0) is 11.3 Å². The molecule has 2 aromatic heterocycles. The molecule has 2 rings (SSSR count). The highest BCUT2D eigenvalue weighted by atomic mass is 32.1. The first-order valence-corrected chi connectivity index (χ1v) is 6.07. The SMILES string of the molecule is COCCn1nnnc1NC(=O)c1scnc1C. The number of methoxy groups -OCH3 is 1. The molecule has 0 spiro atoms. The molecular formula is C9H12N6O2S. The predicted octanol–water partition coefficient (Wildman–Crippen LogP) is 0.337. The fourth-order valence-corrected chi connectivity index (χ4v) is 2.00. The lowest BCUT2D eigenvalue weighted by Gasteiger charge is -2.04. The number of aromatic nitrogens is 5. The van der Waals surface area contributed by atoms with E-state index in [4.69, 9.17) is 4.74 Å². The maximum atomic E-state index is 11.9. The third-order valence-corrected chi connectivity index (χ3v) is 3.14. The average molecular weight is 268 g/mol. The van der Waals surface area contributed by atoms with Crippen LogP contribution in [-0.4, -0.2) is 44.8 Å². The summed E-state index contributed by atoms with van der Waals surface area (Å²) in [6.45, 7) is 2.72. The molecule has 0 saturated heterocycles. The van der Waals surface area contributed by atoms with Crippen molar-refractivity contribution in [1.82, 2.24) is 25.2 Å². The van der Waals surface area contributed by atoms with Crippen molar-refractivity contribution in [2.45, 2.75) is 13.5 Å². The normalized spacial score (nSPS) is 10.6. The van der Waals surface area contributed by atoms with Crippen LogP contribution >= 0.6 is 11.3 Å². The number of carbonyl (C=O) groups is 1. The van der Waals surface area contributed by atoms with Gasteiger partial charge in [0.1, 0.15) is 4.88 Å². The third kappa shape index (κ3) is 2.68. The number of amides is 1. The van der Waals surface area contributed by atoms with Crippen molar-refractivity contribution in [2.75, 3.05) is 19.0 Å². The van der Waals surface area contributed by atoms with Gasteiger partial charge in [0.15, 0.2) is 0 Å². The molecule has 1 amide bonds. The molecule has 0 fully saturated rings. The summed E-state index contributed by atoms with van der Waals surface area (Å²) in [5.74, 6) is 0.0355. The molecule has 18 heavy (non-hydrogen) atoms. The average Bonchev–Trinajstić information content (AvgIpc) is 2.95. The lowest BCUT2D eigenvalue weighted by atomic mass is 10.4. The molecule has 0 aromatic carbocycles. The van der Waals surface area contributed by atoms with Gasteiger partial charge >= 0.3 is 0 Å². The Bertz CT molecular complexity index is 537. The Morgan fingerprint density at radius 1 is 1.61 bits per heavy atom. The van der Waals surface area contributed by atoms with Crippen LogP contribution < -0.4 is 5.32 Å². The van der Waals surface area contributed by atoms with Crippen LogP contribution in [0, 0.1) is 6.92 Å². The molecule has 0 aliphatic rings. The minimum absolute atomic E-state index is 0.261. The Labute approximate surface area is 107 Å². The highest BCUT2D eigenvalue weighted by Crippen LogP contribution is 2.13. The summed E-state index contributed by atoms with van der Waals surface area (Å²) in [6, 6.07) is 0. The highest BCUT2D eigenvalue weighted by Gasteiger charge is 2.15. The lowest BCUT2D eigenvalue weighted by molar-refractivity contribution is 0.102. The summed E-state index contributed by atoms with van der Waals surface area (Å²) in [7, 11) is 1.59.